The maximum Gasteiger partial charge on any atom is 0.231 e. The molecule has 0 unspecified atom stereocenters. The molecule has 4 rings (SSSR count). The number of aromatic nitrogens is 1. The summed E-state index contributed by atoms with van der Waals surface area (Å²) >= 11 is 0. The van der Waals surface area contributed by atoms with Crippen LogP contribution in [0.25, 0.3) is 10.9 Å². The van der Waals surface area contributed by atoms with Crippen molar-refractivity contribution >= 4 is 22.5 Å². The van der Waals surface area contributed by atoms with Gasteiger partial charge in [-0.3, -0.25) is 4.79 Å². The summed E-state index contributed by atoms with van der Waals surface area (Å²) in [6.07, 6.45) is 1.96. The van der Waals surface area contributed by atoms with E-state index < -0.39 is 0 Å². The van der Waals surface area contributed by atoms with E-state index in [0.717, 1.165) is 16.6 Å². The molecule has 0 saturated carbocycles. The number of aromatic amines is 1. The van der Waals surface area contributed by atoms with Crippen LogP contribution < -0.4 is 14.4 Å². The first kappa shape index (κ1) is 14.6. The Morgan fingerprint density at radius 3 is 2.92 bits per heavy atom. The first-order valence-electron chi connectivity index (χ1n) is 7.53. The lowest BCUT2D eigenvalue weighted by atomic mass is 10.1. The van der Waals surface area contributed by atoms with E-state index in [1.807, 2.05) is 6.07 Å². The minimum Gasteiger partial charge on any atom is -0.454 e. The van der Waals surface area contributed by atoms with E-state index in [0.29, 0.717) is 17.0 Å². The number of H-pyrrole nitrogens is 1. The molecule has 0 bridgehead atoms. The number of nitrogens with one attached hydrogen (secondary N) is 1. The van der Waals surface area contributed by atoms with E-state index in [1.165, 1.54) is 12.1 Å². The molecule has 1 aromatic heterocycles. The molecule has 2 heterocycles. The van der Waals surface area contributed by atoms with Gasteiger partial charge in [-0.05, 0) is 35.9 Å². The van der Waals surface area contributed by atoms with Crippen LogP contribution in [0.4, 0.5) is 10.1 Å². The fourth-order valence-corrected chi connectivity index (χ4v) is 2.82. The third-order valence-corrected chi connectivity index (χ3v) is 4.19. The van der Waals surface area contributed by atoms with Gasteiger partial charge in [0.05, 0.1) is 6.42 Å². The molecule has 2 aromatic carbocycles. The molecule has 0 radical (unpaired) electrons. The van der Waals surface area contributed by atoms with Gasteiger partial charge in [0.1, 0.15) is 5.82 Å². The predicted molar refractivity (Wildman–Crippen MR) is 87.9 cm³/mol. The van der Waals surface area contributed by atoms with E-state index in [2.05, 4.69) is 4.98 Å². The number of likely N-dealkylation sites (N-methyl/N-ethyl adjacent to an activating group) is 1. The van der Waals surface area contributed by atoms with Gasteiger partial charge in [0.15, 0.2) is 11.5 Å². The van der Waals surface area contributed by atoms with Crippen LogP contribution in [-0.4, -0.2) is 24.7 Å². The van der Waals surface area contributed by atoms with E-state index in [4.69, 9.17) is 9.47 Å². The van der Waals surface area contributed by atoms with E-state index in [9.17, 15) is 9.18 Å². The Labute approximate surface area is 137 Å². The van der Waals surface area contributed by atoms with E-state index in [-0.39, 0.29) is 24.9 Å². The number of halogens is 1. The summed E-state index contributed by atoms with van der Waals surface area (Å²) in [6.45, 7) is 0.197. The van der Waals surface area contributed by atoms with Gasteiger partial charge in [-0.1, -0.05) is 0 Å². The van der Waals surface area contributed by atoms with Gasteiger partial charge in [-0.15, -0.1) is 0 Å². The van der Waals surface area contributed by atoms with Crippen LogP contribution in [0, 0.1) is 5.82 Å². The van der Waals surface area contributed by atoms with Crippen molar-refractivity contribution in [2.24, 2.45) is 0 Å². The molecule has 6 heteroatoms. The Morgan fingerprint density at radius 1 is 1.21 bits per heavy atom. The Morgan fingerprint density at radius 2 is 2.04 bits per heavy atom. The summed E-state index contributed by atoms with van der Waals surface area (Å²) in [5, 5.41) is 0.851. The smallest absolute Gasteiger partial charge is 0.231 e. The summed E-state index contributed by atoms with van der Waals surface area (Å²) in [4.78, 5) is 17.2. The molecule has 0 atom stereocenters. The Bertz CT molecular complexity index is 935. The molecule has 24 heavy (non-hydrogen) atoms. The topological polar surface area (TPSA) is 54.6 Å². The first-order chi connectivity index (χ1) is 11.6. The van der Waals surface area contributed by atoms with E-state index >= 15 is 0 Å². The summed E-state index contributed by atoms with van der Waals surface area (Å²) in [5.74, 6) is 0.937. The molecular formula is C18H15FN2O3. The molecule has 0 fully saturated rings. The molecule has 0 spiro atoms. The average molecular weight is 326 g/mol. The lowest BCUT2D eigenvalue weighted by Crippen LogP contribution is -2.27. The summed E-state index contributed by atoms with van der Waals surface area (Å²) in [6, 6.07) is 9.89. The standard InChI is InChI=1S/C18H15FN2O3/c1-21(13-3-5-16-17(8-13)24-10-23-16)18(22)6-11-9-20-15-7-12(19)2-4-14(11)15/h2-5,7-9,20H,6,10H2,1H3. The molecule has 1 aliphatic heterocycles. The van der Waals surface area contributed by atoms with Crippen molar-refractivity contribution < 1.29 is 18.7 Å². The number of carbonyl (C=O) groups is 1. The zero-order chi connectivity index (χ0) is 16.7. The number of hydrogen-bond acceptors (Lipinski definition) is 3. The molecule has 122 valence electrons. The molecule has 5 nitrogen and oxygen atoms in total. The minimum atomic E-state index is -0.306. The van der Waals surface area contributed by atoms with Crippen molar-refractivity contribution in [3.63, 3.8) is 0 Å². The highest BCUT2D eigenvalue weighted by Crippen LogP contribution is 2.35. The monoisotopic (exact) mass is 326 g/mol. The van der Waals surface area contributed by atoms with Gasteiger partial charge in [0.25, 0.3) is 0 Å². The fraction of sp³-hybridized carbons (Fsp3) is 0.167. The van der Waals surface area contributed by atoms with Crippen molar-refractivity contribution in [3.8, 4) is 11.5 Å². The van der Waals surface area contributed by atoms with Crippen LogP contribution in [0.2, 0.25) is 0 Å². The third kappa shape index (κ3) is 2.46. The lowest BCUT2D eigenvalue weighted by Gasteiger charge is -2.17. The van der Waals surface area contributed by atoms with Crippen LogP contribution in [0.15, 0.2) is 42.6 Å². The van der Waals surface area contributed by atoms with Crippen LogP contribution in [0.1, 0.15) is 5.56 Å². The van der Waals surface area contributed by atoms with Gasteiger partial charge in [0, 0.05) is 35.9 Å². The highest BCUT2D eigenvalue weighted by molar-refractivity contribution is 5.97. The summed E-state index contributed by atoms with van der Waals surface area (Å²) < 4.78 is 23.9. The highest BCUT2D eigenvalue weighted by Gasteiger charge is 2.18. The Balaban J connectivity index is 1.56. The van der Waals surface area contributed by atoms with Crippen molar-refractivity contribution in [3.05, 3.63) is 54.0 Å². The third-order valence-electron chi connectivity index (χ3n) is 4.19. The minimum absolute atomic E-state index is 0.0703. The van der Waals surface area contributed by atoms with Crippen molar-refractivity contribution in [2.75, 3.05) is 18.7 Å². The number of anilines is 1. The Kier molecular flexibility index (Phi) is 3.37. The number of amides is 1. The molecule has 1 aliphatic rings. The molecule has 3 aromatic rings. The number of benzene rings is 2. The van der Waals surface area contributed by atoms with E-state index in [1.54, 1.807) is 36.3 Å². The number of rotatable bonds is 3. The van der Waals surface area contributed by atoms with Crippen LogP contribution in [-0.2, 0) is 11.2 Å². The maximum absolute atomic E-state index is 13.2. The zero-order valence-corrected chi connectivity index (χ0v) is 13.0. The number of fused-ring (bicyclic) bond motifs is 2. The largest absolute Gasteiger partial charge is 0.454 e. The predicted octanol–water partition coefficient (Wildman–Crippen LogP) is 3.24. The van der Waals surface area contributed by atoms with Gasteiger partial charge in [0.2, 0.25) is 12.7 Å². The second kappa shape index (κ2) is 5.56. The average Bonchev–Trinajstić information content (AvgIpc) is 3.20. The van der Waals surface area contributed by atoms with Gasteiger partial charge >= 0.3 is 0 Å². The van der Waals surface area contributed by atoms with Crippen LogP contribution in [0.3, 0.4) is 0 Å². The normalized spacial score (nSPS) is 12.6. The fourth-order valence-electron chi connectivity index (χ4n) is 2.82. The zero-order valence-electron chi connectivity index (χ0n) is 13.0. The first-order valence-corrected chi connectivity index (χ1v) is 7.53. The van der Waals surface area contributed by atoms with Gasteiger partial charge in [-0.25, -0.2) is 4.39 Å². The van der Waals surface area contributed by atoms with Crippen LogP contribution in [0.5, 0.6) is 11.5 Å². The highest BCUT2D eigenvalue weighted by atomic mass is 19.1. The van der Waals surface area contributed by atoms with Crippen molar-refractivity contribution in [2.45, 2.75) is 6.42 Å². The molecular weight excluding hydrogens is 311 g/mol. The molecule has 0 aliphatic carbocycles. The number of nitrogens with zero attached hydrogens (tertiary/aromatic N) is 1. The van der Waals surface area contributed by atoms with Crippen LogP contribution >= 0.6 is 0 Å². The number of hydrogen-bond donors (Lipinski definition) is 1. The van der Waals surface area contributed by atoms with Crippen molar-refractivity contribution in [1.29, 1.82) is 0 Å². The second-order valence-electron chi connectivity index (χ2n) is 5.67. The molecule has 0 saturated heterocycles. The lowest BCUT2D eigenvalue weighted by molar-refractivity contribution is -0.117. The molecule has 1 N–H and O–H groups in total. The number of carbonyl (C=O) groups excluding carboxylic acids is 1. The van der Waals surface area contributed by atoms with Gasteiger partial charge in [-0.2, -0.15) is 0 Å². The van der Waals surface area contributed by atoms with Gasteiger partial charge < -0.3 is 19.4 Å². The van der Waals surface area contributed by atoms with Crippen molar-refractivity contribution in [1.82, 2.24) is 4.98 Å². The molecule has 1 amide bonds. The summed E-state index contributed by atoms with van der Waals surface area (Å²) in [5.41, 5.74) is 2.25. The second-order valence-corrected chi connectivity index (χ2v) is 5.67. The SMILES string of the molecule is CN(C(=O)Cc1c[nH]c2cc(F)ccc12)c1ccc2c(c1)OCO2. The summed E-state index contributed by atoms with van der Waals surface area (Å²) in [7, 11) is 1.72. The quantitative estimate of drug-likeness (QED) is 0.804. The Hall–Kier alpha value is -3.02. The number of ether oxygens (including phenoxy) is 2. The maximum atomic E-state index is 13.2.